The Morgan fingerprint density at radius 2 is 1.94 bits per heavy atom. The lowest BCUT2D eigenvalue weighted by atomic mass is 10.1. The van der Waals surface area contributed by atoms with E-state index in [0.29, 0.717) is 18.3 Å². The molecule has 0 bridgehead atoms. The van der Waals surface area contributed by atoms with Gasteiger partial charge in [-0.2, -0.15) is 0 Å². The maximum Gasteiger partial charge on any atom is 0.338 e. The molecule has 0 saturated heterocycles. The molecule has 1 rings (SSSR count). The zero-order valence-electron chi connectivity index (χ0n) is 8.51. The normalized spacial score (nSPS) is 10.0. The van der Waals surface area contributed by atoms with E-state index in [9.17, 15) is 9.59 Å². The Balaban J connectivity index is 3.51. The van der Waals surface area contributed by atoms with Gasteiger partial charge in [-0.15, -0.1) is 0 Å². The molecule has 0 saturated carbocycles. The van der Waals surface area contributed by atoms with Gasteiger partial charge in [0, 0.05) is 7.14 Å². The number of methoxy groups -OCH3 is 1. The van der Waals surface area contributed by atoms with Crippen LogP contribution < -0.4 is 0 Å². The van der Waals surface area contributed by atoms with Crippen molar-refractivity contribution in [3.63, 3.8) is 0 Å². The highest BCUT2D eigenvalue weighted by atomic mass is 127. The third-order valence-corrected chi connectivity index (χ3v) is 4.31. The minimum absolute atomic E-state index is 0.234. The lowest BCUT2D eigenvalue weighted by Crippen LogP contribution is -2.11. The van der Waals surface area contributed by atoms with Crippen molar-refractivity contribution < 1.29 is 19.4 Å². The van der Waals surface area contributed by atoms with Gasteiger partial charge in [-0.3, -0.25) is 0 Å². The molecule has 0 atom stereocenters. The van der Waals surface area contributed by atoms with Crippen LogP contribution in [-0.2, 0) is 4.74 Å². The number of carbonyl (C=O) groups is 2. The first-order chi connectivity index (χ1) is 7.40. The number of halogens is 2. The topological polar surface area (TPSA) is 63.6 Å². The number of carboxylic acid groups (broad SMARTS) is 1. The molecule has 0 aliphatic carbocycles. The largest absolute Gasteiger partial charge is 0.478 e. The Kier molecular flexibility index (Phi) is 4.53. The lowest BCUT2D eigenvalue weighted by molar-refractivity contribution is 0.0596. The van der Waals surface area contributed by atoms with Gasteiger partial charge in [-0.1, -0.05) is 0 Å². The summed E-state index contributed by atoms with van der Waals surface area (Å²) in [5.41, 5.74) is 1.22. The second-order valence-corrected chi connectivity index (χ2v) is 5.26. The third-order valence-electron chi connectivity index (χ3n) is 2.07. The van der Waals surface area contributed by atoms with E-state index >= 15 is 0 Å². The molecule has 0 fully saturated rings. The van der Waals surface area contributed by atoms with E-state index < -0.39 is 11.9 Å². The van der Waals surface area contributed by atoms with E-state index in [1.54, 1.807) is 6.92 Å². The molecule has 0 aliphatic rings. The maximum atomic E-state index is 11.4. The van der Waals surface area contributed by atoms with Crippen molar-refractivity contribution in [3.8, 4) is 0 Å². The molecule has 0 heterocycles. The summed E-state index contributed by atoms with van der Waals surface area (Å²) in [5.74, 6) is -1.45. The molecule has 1 aromatic carbocycles. The van der Waals surface area contributed by atoms with Gasteiger partial charge in [-0.05, 0) is 63.7 Å². The molecular formula is C10H8I2O4. The standard InChI is InChI=1S/C10H8I2O4/c1-4-7(9(13)14)6(11)3-5(8(4)12)10(15)16-2/h3H,1-2H3,(H,13,14). The summed E-state index contributed by atoms with van der Waals surface area (Å²) >= 11 is 3.85. The van der Waals surface area contributed by atoms with Gasteiger partial charge in [0.1, 0.15) is 0 Å². The van der Waals surface area contributed by atoms with Crippen LogP contribution in [0.2, 0.25) is 0 Å². The van der Waals surface area contributed by atoms with Gasteiger partial charge < -0.3 is 9.84 Å². The molecule has 0 aromatic heterocycles. The third kappa shape index (κ3) is 2.47. The van der Waals surface area contributed by atoms with E-state index in [0.717, 1.165) is 0 Å². The average Bonchev–Trinajstić information content (AvgIpc) is 2.22. The molecule has 0 unspecified atom stereocenters. The Bertz CT molecular complexity index is 468. The van der Waals surface area contributed by atoms with Crippen LogP contribution in [0.4, 0.5) is 0 Å². The molecule has 16 heavy (non-hydrogen) atoms. The van der Waals surface area contributed by atoms with Crippen LogP contribution >= 0.6 is 45.2 Å². The lowest BCUT2D eigenvalue weighted by Gasteiger charge is -2.10. The molecule has 6 heteroatoms. The quantitative estimate of drug-likeness (QED) is 0.561. The summed E-state index contributed by atoms with van der Waals surface area (Å²) in [6, 6.07) is 1.53. The van der Waals surface area contributed by atoms with Gasteiger partial charge in [0.25, 0.3) is 0 Å². The SMILES string of the molecule is COC(=O)c1cc(I)c(C(=O)O)c(C)c1I. The van der Waals surface area contributed by atoms with Crippen LogP contribution in [0.25, 0.3) is 0 Å². The molecule has 1 aromatic rings. The number of carbonyl (C=O) groups excluding carboxylic acids is 1. The van der Waals surface area contributed by atoms with Crippen LogP contribution in [0, 0.1) is 14.1 Å². The first-order valence-corrected chi connectivity index (χ1v) is 6.36. The fourth-order valence-corrected chi connectivity index (χ4v) is 2.87. The van der Waals surface area contributed by atoms with Crippen molar-refractivity contribution in [3.05, 3.63) is 29.9 Å². The van der Waals surface area contributed by atoms with E-state index in [4.69, 9.17) is 5.11 Å². The zero-order valence-corrected chi connectivity index (χ0v) is 12.8. The van der Waals surface area contributed by atoms with Gasteiger partial charge in [0.15, 0.2) is 0 Å². The van der Waals surface area contributed by atoms with E-state index in [1.165, 1.54) is 13.2 Å². The van der Waals surface area contributed by atoms with Gasteiger partial charge >= 0.3 is 11.9 Å². The maximum absolute atomic E-state index is 11.4. The van der Waals surface area contributed by atoms with Crippen LogP contribution in [0.5, 0.6) is 0 Å². The monoisotopic (exact) mass is 446 g/mol. The number of ether oxygens (including phenoxy) is 1. The highest BCUT2D eigenvalue weighted by Gasteiger charge is 2.20. The van der Waals surface area contributed by atoms with E-state index in [2.05, 4.69) is 4.74 Å². The molecule has 0 radical (unpaired) electrons. The Morgan fingerprint density at radius 3 is 2.38 bits per heavy atom. The number of carboxylic acids is 1. The van der Waals surface area contributed by atoms with Crippen molar-refractivity contribution in [1.82, 2.24) is 0 Å². The minimum Gasteiger partial charge on any atom is -0.478 e. The second-order valence-electron chi connectivity index (χ2n) is 3.02. The number of aromatic carboxylic acids is 1. The minimum atomic E-state index is -0.990. The van der Waals surface area contributed by atoms with E-state index in [-0.39, 0.29) is 5.56 Å². The molecule has 0 spiro atoms. The summed E-state index contributed by atoms with van der Waals surface area (Å²) in [5, 5.41) is 9.03. The Labute approximate surface area is 120 Å². The first-order valence-electron chi connectivity index (χ1n) is 4.20. The summed E-state index contributed by atoms with van der Waals surface area (Å²) in [7, 11) is 1.30. The van der Waals surface area contributed by atoms with Crippen LogP contribution in [-0.4, -0.2) is 24.2 Å². The fourth-order valence-electron chi connectivity index (χ4n) is 1.27. The molecule has 86 valence electrons. The zero-order chi connectivity index (χ0) is 12.5. The van der Waals surface area contributed by atoms with Crippen molar-refractivity contribution in [2.75, 3.05) is 7.11 Å². The second kappa shape index (κ2) is 5.30. The molecule has 0 aliphatic heterocycles. The van der Waals surface area contributed by atoms with Crippen molar-refractivity contribution in [2.24, 2.45) is 0 Å². The summed E-state index contributed by atoms with van der Waals surface area (Å²) in [4.78, 5) is 22.5. The molecule has 0 amide bonds. The van der Waals surface area contributed by atoms with Gasteiger partial charge in [0.2, 0.25) is 0 Å². The molecule has 1 N–H and O–H groups in total. The summed E-state index contributed by atoms with van der Waals surface area (Å²) in [6.07, 6.45) is 0. The van der Waals surface area contributed by atoms with Crippen molar-refractivity contribution >= 4 is 57.1 Å². The van der Waals surface area contributed by atoms with Crippen LogP contribution in [0.15, 0.2) is 6.07 Å². The highest BCUT2D eigenvalue weighted by molar-refractivity contribution is 14.1. The predicted octanol–water partition coefficient (Wildman–Crippen LogP) is 2.69. The Morgan fingerprint density at radius 1 is 1.38 bits per heavy atom. The highest BCUT2D eigenvalue weighted by Crippen LogP contribution is 2.26. The summed E-state index contributed by atoms with van der Waals surface area (Å²) < 4.78 is 5.78. The number of rotatable bonds is 2. The van der Waals surface area contributed by atoms with E-state index in [1.807, 2.05) is 45.2 Å². The number of esters is 1. The van der Waals surface area contributed by atoms with Crippen LogP contribution in [0.1, 0.15) is 26.3 Å². The van der Waals surface area contributed by atoms with Crippen LogP contribution in [0.3, 0.4) is 0 Å². The van der Waals surface area contributed by atoms with Gasteiger partial charge in [-0.25, -0.2) is 9.59 Å². The van der Waals surface area contributed by atoms with Gasteiger partial charge in [0.05, 0.1) is 18.2 Å². The number of hydrogen-bond acceptors (Lipinski definition) is 3. The number of hydrogen-bond donors (Lipinski definition) is 1. The summed E-state index contributed by atoms with van der Waals surface area (Å²) in [6.45, 7) is 1.68. The Hall–Kier alpha value is -0.380. The fraction of sp³-hybridized carbons (Fsp3) is 0.200. The predicted molar refractivity (Wildman–Crippen MR) is 74.9 cm³/mol. The first kappa shape index (κ1) is 13.7. The average molecular weight is 446 g/mol. The van der Waals surface area contributed by atoms with Crippen molar-refractivity contribution in [1.29, 1.82) is 0 Å². The smallest absolute Gasteiger partial charge is 0.338 e. The molecule has 4 nitrogen and oxygen atoms in total. The number of benzene rings is 1. The van der Waals surface area contributed by atoms with Crippen molar-refractivity contribution in [2.45, 2.75) is 6.92 Å². The molecular weight excluding hydrogens is 438 g/mol.